The average Bonchev–Trinajstić information content (AvgIpc) is 2.93. The third-order valence-electron chi connectivity index (χ3n) is 1.74. The Morgan fingerprint density at radius 3 is 2.00 bits per heavy atom. The zero-order chi connectivity index (χ0) is 12.4. The molecule has 4 heteroatoms. The minimum absolute atomic E-state index is 1.06. The van der Waals surface area contributed by atoms with E-state index in [1.165, 1.54) is 15.4 Å². The third-order valence-corrected chi connectivity index (χ3v) is 3.24. The number of rotatable bonds is 1. The van der Waals surface area contributed by atoms with Crippen LogP contribution < -0.4 is 0 Å². The molecule has 0 amide bonds. The normalized spacial score (nSPS) is 8.56. The van der Waals surface area contributed by atoms with E-state index in [0.29, 0.717) is 0 Å². The Balaban J connectivity index is 0.000000251. The lowest BCUT2D eigenvalue weighted by Gasteiger charge is -1.85. The van der Waals surface area contributed by atoms with Crippen molar-refractivity contribution in [1.29, 1.82) is 0 Å². The molecule has 0 aliphatic rings. The summed E-state index contributed by atoms with van der Waals surface area (Å²) in [4.78, 5) is 10.6. The predicted octanol–water partition coefficient (Wildman–Crippen LogP) is 4.49. The Morgan fingerprint density at radius 1 is 1.12 bits per heavy atom. The highest BCUT2D eigenvalue weighted by atomic mass is 32.1. The highest BCUT2D eigenvalue weighted by molar-refractivity contribution is 7.09. The average molecular weight is 256 g/mol. The van der Waals surface area contributed by atoms with Crippen LogP contribution in [0.25, 0.3) is 0 Å². The summed E-state index contributed by atoms with van der Waals surface area (Å²) < 4.78 is 0. The maximum atomic E-state index is 4.15. The summed E-state index contributed by atoms with van der Waals surface area (Å²) in [7, 11) is 0. The molecule has 0 atom stereocenters. The summed E-state index contributed by atoms with van der Waals surface area (Å²) in [6.45, 7) is 10.3. The van der Waals surface area contributed by atoms with Crippen LogP contribution in [-0.2, 0) is 6.42 Å². The van der Waals surface area contributed by atoms with E-state index < -0.39 is 0 Å². The Bertz CT molecular complexity index is 353. The smallest absolute Gasteiger partial charge is 0.0797 e. The van der Waals surface area contributed by atoms with E-state index in [1.54, 1.807) is 22.7 Å². The van der Waals surface area contributed by atoms with Gasteiger partial charge in [-0.2, -0.15) is 0 Å². The van der Waals surface area contributed by atoms with Gasteiger partial charge < -0.3 is 0 Å². The molecule has 90 valence electrons. The van der Waals surface area contributed by atoms with Gasteiger partial charge in [0.05, 0.1) is 16.7 Å². The molecule has 0 aliphatic carbocycles. The van der Waals surface area contributed by atoms with Gasteiger partial charge in [0.1, 0.15) is 0 Å². The lowest BCUT2D eigenvalue weighted by Crippen LogP contribution is -1.79. The molecule has 0 fully saturated rings. The lowest BCUT2D eigenvalue weighted by atomic mass is 10.3. The molecule has 16 heavy (non-hydrogen) atoms. The molecule has 2 heterocycles. The van der Waals surface area contributed by atoms with Crippen LogP contribution in [0.2, 0.25) is 0 Å². The quantitative estimate of drug-likeness (QED) is 0.751. The standard InChI is InChI=1S/C6H9NS.C4H5NS.C2H6/c1-3-6-5(2)8-4-7-6;1-4-2-5-3-6-4;1-2/h4H,3H2,1-2H3;2-3H,1H3;1-2H3. The van der Waals surface area contributed by atoms with Crippen LogP contribution in [0.4, 0.5) is 0 Å². The van der Waals surface area contributed by atoms with Crippen LogP contribution in [0.3, 0.4) is 0 Å². The van der Waals surface area contributed by atoms with Crippen molar-refractivity contribution >= 4 is 22.7 Å². The van der Waals surface area contributed by atoms with E-state index in [0.717, 1.165) is 6.42 Å². The molecule has 0 aromatic carbocycles. The molecule has 0 N–H and O–H groups in total. The first kappa shape index (κ1) is 15.3. The topological polar surface area (TPSA) is 25.8 Å². The highest BCUT2D eigenvalue weighted by Crippen LogP contribution is 2.10. The summed E-state index contributed by atoms with van der Waals surface area (Å²) in [5.41, 5.74) is 4.97. The van der Waals surface area contributed by atoms with Crippen molar-refractivity contribution in [2.75, 3.05) is 0 Å². The molecule has 0 saturated carbocycles. The molecule has 2 nitrogen and oxygen atoms in total. The number of thiazole rings is 2. The van der Waals surface area contributed by atoms with Gasteiger partial charge in [0, 0.05) is 16.0 Å². The predicted molar refractivity (Wildman–Crippen MR) is 74.4 cm³/mol. The Kier molecular flexibility index (Phi) is 9.04. The molecular weight excluding hydrogens is 236 g/mol. The zero-order valence-electron chi connectivity index (χ0n) is 10.7. The van der Waals surface area contributed by atoms with Crippen LogP contribution in [0.1, 0.15) is 36.2 Å². The van der Waals surface area contributed by atoms with Crippen LogP contribution >= 0.6 is 22.7 Å². The second-order valence-corrected chi connectivity index (χ2v) is 4.97. The molecule has 0 unspecified atom stereocenters. The Hall–Kier alpha value is -0.740. The van der Waals surface area contributed by atoms with Gasteiger partial charge in [-0.1, -0.05) is 20.8 Å². The largest absolute Gasteiger partial charge is 0.253 e. The molecule has 0 saturated heterocycles. The minimum Gasteiger partial charge on any atom is -0.253 e. The summed E-state index contributed by atoms with van der Waals surface area (Å²) >= 11 is 3.38. The number of nitrogens with zero attached hydrogens (tertiary/aromatic N) is 2. The zero-order valence-corrected chi connectivity index (χ0v) is 12.3. The van der Waals surface area contributed by atoms with Crippen molar-refractivity contribution < 1.29 is 0 Å². The van der Waals surface area contributed by atoms with Gasteiger partial charge in [0.15, 0.2) is 0 Å². The SMILES string of the molecule is CC.CCc1ncsc1C.Cc1cncs1. The number of hydrogen-bond acceptors (Lipinski definition) is 4. The van der Waals surface area contributed by atoms with Crippen LogP contribution in [0.15, 0.2) is 17.2 Å². The van der Waals surface area contributed by atoms with E-state index in [-0.39, 0.29) is 0 Å². The maximum Gasteiger partial charge on any atom is 0.0797 e. The fourth-order valence-electron chi connectivity index (χ4n) is 0.948. The Labute approximate surface area is 106 Å². The third kappa shape index (κ3) is 5.98. The molecule has 0 bridgehead atoms. The van der Waals surface area contributed by atoms with Crippen LogP contribution in [0.5, 0.6) is 0 Å². The van der Waals surface area contributed by atoms with Crippen LogP contribution in [-0.4, -0.2) is 9.97 Å². The van der Waals surface area contributed by atoms with Gasteiger partial charge in [-0.3, -0.25) is 4.98 Å². The fourth-order valence-corrected chi connectivity index (χ4v) is 2.03. The van der Waals surface area contributed by atoms with Crippen molar-refractivity contribution in [1.82, 2.24) is 9.97 Å². The van der Waals surface area contributed by atoms with Gasteiger partial charge in [-0.25, -0.2) is 4.98 Å². The fraction of sp³-hybridized carbons (Fsp3) is 0.500. The number of hydrogen-bond donors (Lipinski definition) is 0. The molecular formula is C12H20N2S2. The van der Waals surface area contributed by atoms with Gasteiger partial charge in [0.25, 0.3) is 0 Å². The van der Waals surface area contributed by atoms with E-state index in [4.69, 9.17) is 0 Å². The lowest BCUT2D eigenvalue weighted by molar-refractivity contribution is 1.04. The van der Waals surface area contributed by atoms with Crippen molar-refractivity contribution in [2.24, 2.45) is 0 Å². The molecule has 2 rings (SSSR count). The van der Waals surface area contributed by atoms with Crippen molar-refractivity contribution in [2.45, 2.75) is 41.0 Å². The second-order valence-electron chi connectivity index (χ2n) is 2.82. The van der Waals surface area contributed by atoms with Crippen molar-refractivity contribution in [3.63, 3.8) is 0 Å². The Morgan fingerprint density at radius 2 is 1.81 bits per heavy atom. The molecule has 2 aromatic rings. The van der Waals surface area contributed by atoms with E-state index in [1.807, 2.05) is 38.0 Å². The van der Waals surface area contributed by atoms with Gasteiger partial charge >= 0.3 is 0 Å². The summed E-state index contributed by atoms with van der Waals surface area (Å²) in [5, 5.41) is 0. The molecule has 0 spiro atoms. The monoisotopic (exact) mass is 256 g/mol. The first-order valence-corrected chi connectivity index (χ1v) is 7.24. The first-order valence-electron chi connectivity index (χ1n) is 5.48. The summed E-state index contributed by atoms with van der Waals surface area (Å²) in [6, 6.07) is 0. The molecule has 0 aliphatic heterocycles. The molecule has 2 aromatic heterocycles. The van der Waals surface area contributed by atoms with E-state index in [2.05, 4.69) is 23.8 Å². The van der Waals surface area contributed by atoms with Gasteiger partial charge in [0.2, 0.25) is 0 Å². The highest BCUT2D eigenvalue weighted by Gasteiger charge is 1.94. The van der Waals surface area contributed by atoms with Crippen molar-refractivity contribution in [3.05, 3.63) is 32.7 Å². The van der Waals surface area contributed by atoms with Gasteiger partial charge in [-0.05, 0) is 20.3 Å². The summed E-state index contributed by atoms with van der Waals surface area (Å²) in [6.07, 6.45) is 2.92. The van der Waals surface area contributed by atoms with Crippen molar-refractivity contribution in [3.8, 4) is 0 Å². The molecule has 0 radical (unpaired) electrons. The maximum absolute atomic E-state index is 4.15. The summed E-state index contributed by atoms with van der Waals surface area (Å²) in [5.74, 6) is 0. The van der Waals surface area contributed by atoms with E-state index in [9.17, 15) is 0 Å². The second kappa shape index (κ2) is 9.48. The number of aryl methyl sites for hydroxylation is 3. The van der Waals surface area contributed by atoms with E-state index >= 15 is 0 Å². The van der Waals surface area contributed by atoms with Crippen LogP contribution in [0, 0.1) is 13.8 Å². The van der Waals surface area contributed by atoms with Gasteiger partial charge in [-0.15, -0.1) is 22.7 Å². The minimum atomic E-state index is 1.06. The first-order chi connectivity index (χ1) is 7.74. The number of aromatic nitrogens is 2.